The molecule has 2 atom stereocenters. The van der Waals surface area contributed by atoms with Gasteiger partial charge >= 0.3 is 0 Å². The molecular formula is C18H24N2S. The van der Waals surface area contributed by atoms with E-state index in [0.29, 0.717) is 12.0 Å². The molecule has 0 saturated heterocycles. The van der Waals surface area contributed by atoms with E-state index in [9.17, 15) is 0 Å². The Labute approximate surface area is 132 Å². The molecule has 2 heterocycles. The van der Waals surface area contributed by atoms with Gasteiger partial charge in [-0.3, -0.25) is 0 Å². The second-order valence-corrected chi connectivity index (χ2v) is 7.52. The number of nitrogens with one attached hydrogen (secondary N) is 1. The van der Waals surface area contributed by atoms with Crippen LogP contribution in [0.2, 0.25) is 0 Å². The number of rotatable bonds is 5. The van der Waals surface area contributed by atoms with E-state index in [1.54, 1.807) is 5.57 Å². The summed E-state index contributed by atoms with van der Waals surface area (Å²) in [6.45, 7) is 2.26. The topological polar surface area (TPSA) is 15.3 Å². The van der Waals surface area contributed by atoms with Crippen LogP contribution in [0.4, 0.5) is 0 Å². The van der Waals surface area contributed by atoms with Gasteiger partial charge in [0.2, 0.25) is 0 Å². The molecule has 2 aliphatic heterocycles. The highest BCUT2D eigenvalue weighted by Gasteiger charge is 2.29. The number of allylic oxidation sites excluding steroid dienone is 3. The van der Waals surface area contributed by atoms with Crippen molar-refractivity contribution in [2.75, 3.05) is 18.8 Å². The normalized spacial score (nSPS) is 31.1. The summed E-state index contributed by atoms with van der Waals surface area (Å²) < 4.78 is 0. The lowest BCUT2D eigenvalue weighted by atomic mass is 9.85. The van der Waals surface area contributed by atoms with E-state index in [0.717, 1.165) is 19.1 Å². The first kappa shape index (κ1) is 13.7. The van der Waals surface area contributed by atoms with Crippen LogP contribution in [0.1, 0.15) is 25.7 Å². The van der Waals surface area contributed by atoms with Crippen LogP contribution >= 0.6 is 11.8 Å². The van der Waals surface area contributed by atoms with Crippen molar-refractivity contribution in [2.24, 2.45) is 5.92 Å². The molecule has 21 heavy (non-hydrogen) atoms. The molecule has 0 amide bonds. The summed E-state index contributed by atoms with van der Waals surface area (Å²) in [5.41, 5.74) is 3.13. The minimum Gasteiger partial charge on any atom is -0.369 e. The molecule has 1 N–H and O–H groups in total. The second-order valence-electron chi connectivity index (χ2n) is 6.50. The largest absolute Gasteiger partial charge is 0.369 e. The highest BCUT2D eigenvalue weighted by molar-refractivity contribution is 8.02. The molecule has 2 nitrogen and oxygen atoms in total. The predicted octanol–water partition coefficient (Wildman–Crippen LogP) is 3.46. The molecule has 3 heteroatoms. The minimum atomic E-state index is 0.592. The fourth-order valence-electron chi connectivity index (χ4n) is 3.49. The number of fused-ring (bicyclic) bond motifs is 1. The third-order valence-corrected chi connectivity index (χ3v) is 5.79. The van der Waals surface area contributed by atoms with Gasteiger partial charge in [-0.25, -0.2) is 0 Å². The van der Waals surface area contributed by atoms with Crippen LogP contribution in [0.3, 0.4) is 0 Å². The third-order valence-electron chi connectivity index (χ3n) is 4.97. The van der Waals surface area contributed by atoms with Gasteiger partial charge in [0.25, 0.3) is 0 Å². The van der Waals surface area contributed by atoms with Crippen molar-refractivity contribution >= 4 is 11.8 Å². The summed E-state index contributed by atoms with van der Waals surface area (Å²) in [7, 11) is 0. The molecule has 0 aromatic rings. The monoisotopic (exact) mass is 300 g/mol. The van der Waals surface area contributed by atoms with E-state index in [1.807, 2.05) is 11.8 Å². The molecule has 0 bridgehead atoms. The Morgan fingerprint density at radius 1 is 1.24 bits per heavy atom. The highest BCUT2D eigenvalue weighted by atomic mass is 32.2. The molecule has 0 radical (unpaired) electrons. The van der Waals surface area contributed by atoms with E-state index in [2.05, 4.69) is 46.1 Å². The maximum absolute atomic E-state index is 3.63. The van der Waals surface area contributed by atoms with Gasteiger partial charge in [-0.2, -0.15) is 0 Å². The third kappa shape index (κ3) is 3.14. The van der Waals surface area contributed by atoms with Crippen molar-refractivity contribution in [1.82, 2.24) is 10.2 Å². The summed E-state index contributed by atoms with van der Waals surface area (Å²) in [5, 5.41) is 5.92. The lowest BCUT2D eigenvalue weighted by Crippen LogP contribution is -2.36. The maximum Gasteiger partial charge on any atom is 0.0575 e. The van der Waals surface area contributed by atoms with Gasteiger partial charge in [-0.05, 0) is 54.4 Å². The molecule has 0 spiro atoms. The van der Waals surface area contributed by atoms with Crippen molar-refractivity contribution < 1.29 is 0 Å². The molecule has 4 aliphatic rings. The average molecular weight is 300 g/mol. The number of thioether (sulfide) groups is 1. The Hall–Kier alpha value is -0.930. The maximum atomic E-state index is 3.63. The smallest absolute Gasteiger partial charge is 0.0575 e. The average Bonchev–Trinajstić information content (AvgIpc) is 3.28. The summed E-state index contributed by atoms with van der Waals surface area (Å²) >= 11 is 1.95. The van der Waals surface area contributed by atoms with Gasteiger partial charge in [0, 0.05) is 25.3 Å². The first-order chi connectivity index (χ1) is 10.4. The van der Waals surface area contributed by atoms with Crippen molar-refractivity contribution in [3.63, 3.8) is 0 Å². The molecular weight excluding hydrogens is 276 g/mol. The summed E-state index contributed by atoms with van der Waals surface area (Å²) in [5.74, 6) is 1.95. The zero-order valence-corrected chi connectivity index (χ0v) is 13.3. The predicted molar refractivity (Wildman–Crippen MR) is 91.1 cm³/mol. The molecule has 1 fully saturated rings. The number of nitrogens with zero attached hydrogens (tertiary/aromatic N) is 1. The summed E-state index contributed by atoms with van der Waals surface area (Å²) in [4.78, 5) is 2.54. The molecule has 1 saturated carbocycles. The first-order valence-corrected chi connectivity index (χ1v) is 9.31. The van der Waals surface area contributed by atoms with E-state index >= 15 is 0 Å². The fourth-order valence-corrected chi connectivity index (χ4v) is 4.32. The van der Waals surface area contributed by atoms with E-state index in [-0.39, 0.29) is 0 Å². The summed E-state index contributed by atoms with van der Waals surface area (Å²) in [6.07, 6.45) is 17.0. The van der Waals surface area contributed by atoms with Crippen molar-refractivity contribution in [3.05, 3.63) is 47.1 Å². The van der Waals surface area contributed by atoms with Crippen LogP contribution in [0.5, 0.6) is 0 Å². The Kier molecular flexibility index (Phi) is 3.95. The highest BCUT2D eigenvalue weighted by Crippen LogP contribution is 2.36. The Morgan fingerprint density at radius 3 is 3.00 bits per heavy atom. The Morgan fingerprint density at radius 2 is 2.19 bits per heavy atom. The molecule has 0 aromatic carbocycles. The van der Waals surface area contributed by atoms with Gasteiger partial charge in [-0.15, -0.1) is 11.8 Å². The van der Waals surface area contributed by atoms with Crippen molar-refractivity contribution in [3.8, 4) is 0 Å². The SMILES string of the molecule is C1=CC(C2=CC=C3C=CN(CCNC4CC4)C3C2)CCS1. The molecule has 2 aliphatic carbocycles. The van der Waals surface area contributed by atoms with Crippen LogP contribution in [0, 0.1) is 5.92 Å². The van der Waals surface area contributed by atoms with Crippen LogP contribution in [0.25, 0.3) is 0 Å². The first-order valence-electron chi connectivity index (χ1n) is 8.26. The molecule has 112 valence electrons. The van der Waals surface area contributed by atoms with Crippen LogP contribution in [-0.4, -0.2) is 35.8 Å². The van der Waals surface area contributed by atoms with Crippen molar-refractivity contribution in [1.29, 1.82) is 0 Å². The van der Waals surface area contributed by atoms with E-state index < -0.39 is 0 Å². The van der Waals surface area contributed by atoms with Gasteiger partial charge in [0.1, 0.15) is 0 Å². The second kappa shape index (κ2) is 6.05. The lowest BCUT2D eigenvalue weighted by molar-refractivity contribution is 0.316. The molecule has 0 aromatic heterocycles. The number of hydrogen-bond donors (Lipinski definition) is 1. The zero-order valence-electron chi connectivity index (χ0n) is 12.5. The van der Waals surface area contributed by atoms with Gasteiger partial charge in [0.15, 0.2) is 0 Å². The van der Waals surface area contributed by atoms with E-state index in [4.69, 9.17) is 0 Å². The lowest BCUT2D eigenvalue weighted by Gasteiger charge is -2.32. The Bertz CT molecular complexity index is 513. The van der Waals surface area contributed by atoms with Gasteiger partial charge < -0.3 is 10.2 Å². The fraction of sp³-hybridized carbons (Fsp3) is 0.556. The van der Waals surface area contributed by atoms with Crippen LogP contribution in [-0.2, 0) is 0 Å². The van der Waals surface area contributed by atoms with Crippen LogP contribution < -0.4 is 5.32 Å². The van der Waals surface area contributed by atoms with Crippen molar-refractivity contribution in [2.45, 2.75) is 37.8 Å². The molecule has 2 unspecified atom stereocenters. The van der Waals surface area contributed by atoms with Crippen LogP contribution in [0.15, 0.2) is 47.1 Å². The quantitative estimate of drug-likeness (QED) is 0.837. The van der Waals surface area contributed by atoms with Gasteiger partial charge in [0.05, 0.1) is 6.04 Å². The number of hydrogen-bond acceptors (Lipinski definition) is 3. The minimum absolute atomic E-state index is 0.592. The molecule has 4 rings (SSSR count). The standard InChI is InChI=1S/C18H24N2S/c1-2-16(14-6-11-21-12-7-14)13-18-15(1)5-9-20(18)10-8-19-17-3-4-17/h1-2,5-6,9,11,14,17-19H,3-4,7-8,10,12-13H2. The Balaban J connectivity index is 1.38. The zero-order chi connectivity index (χ0) is 14.1. The van der Waals surface area contributed by atoms with Gasteiger partial charge in [-0.1, -0.05) is 23.8 Å². The summed E-state index contributed by atoms with van der Waals surface area (Å²) in [6, 6.07) is 1.41. The van der Waals surface area contributed by atoms with E-state index in [1.165, 1.54) is 37.0 Å².